The van der Waals surface area contributed by atoms with Crippen molar-refractivity contribution < 1.29 is 37.9 Å². The second kappa shape index (κ2) is 8.81. The van der Waals surface area contributed by atoms with E-state index in [2.05, 4.69) is 0 Å². The topological polar surface area (TPSA) is 73.8 Å². The van der Waals surface area contributed by atoms with Crippen LogP contribution in [0, 0.1) is 0 Å². The largest absolute Gasteiger partial charge is 0.345 e. The Kier molecular flexibility index (Phi) is 5.56. The van der Waals surface area contributed by atoms with Gasteiger partial charge in [-0.05, 0) is 25.7 Å². The van der Waals surface area contributed by atoms with E-state index in [1.807, 2.05) is 60.7 Å². The molecule has 0 amide bonds. The van der Waals surface area contributed by atoms with E-state index < -0.39 is 35.4 Å². The highest BCUT2D eigenvalue weighted by atomic mass is 16.9. The lowest BCUT2D eigenvalue weighted by Gasteiger charge is -2.56. The summed E-state index contributed by atoms with van der Waals surface area (Å²) >= 11 is 0. The average Bonchev–Trinajstić information content (AvgIpc) is 3.59. The predicted octanol–water partition coefficient (Wildman–Crippen LogP) is 4.11. The summed E-state index contributed by atoms with van der Waals surface area (Å²) < 4.78 is 53.8. The van der Waals surface area contributed by atoms with E-state index in [4.69, 9.17) is 37.9 Å². The molecule has 8 heteroatoms. The summed E-state index contributed by atoms with van der Waals surface area (Å²) in [5.74, 6) is -4.40. The lowest BCUT2D eigenvalue weighted by Crippen LogP contribution is -2.70. The lowest BCUT2D eigenvalue weighted by atomic mass is 9.87. The van der Waals surface area contributed by atoms with Crippen LogP contribution in [0.3, 0.4) is 0 Å². The summed E-state index contributed by atoms with van der Waals surface area (Å²) in [6.45, 7) is 1.90. The minimum Gasteiger partial charge on any atom is -0.345 e. The molecule has 202 valence electrons. The van der Waals surface area contributed by atoms with Gasteiger partial charge in [0.2, 0.25) is 11.6 Å². The Hall–Kier alpha value is -1.88. The zero-order valence-electron chi connectivity index (χ0n) is 21.4. The van der Waals surface area contributed by atoms with Crippen molar-refractivity contribution in [2.75, 3.05) is 26.4 Å². The molecule has 8 rings (SSSR count). The highest BCUT2D eigenvalue weighted by Gasteiger charge is 2.73. The Morgan fingerprint density at radius 2 is 0.947 bits per heavy atom. The van der Waals surface area contributed by atoms with Gasteiger partial charge in [0, 0.05) is 24.0 Å². The highest BCUT2D eigenvalue weighted by Crippen LogP contribution is 2.59. The summed E-state index contributed by atoms with van der Waals surface area (Å²) in [4.78, 5) is 0. The number of hydrogen-bond acceptors (Lipinski definition) is 8. The van der Waals surface area contributed by atoms with Gasteiger partial charge in [-0.2, -0.15) is 0 Å². The van der Waals surface area contributed by atoms with Crippen molar-refractivity contribution >= 4 is 0 Å². The van der Waals surface area contributed by atoms with E-state index in [-0.39, 0.29) is 12.2 Å². The third-order valence-electron chi connectivity index (χ3n) is 9.03. The molecule has 2 aromatic carbocycles. The van der Waals surface area contributed by atoms with Gasteiger partial charge in [-0.3, -0.25) is 0 Å². The second-order valence-corrected chi connectivity index (χ2v) is 11.2. The number of fused-ring (bicyclic) bond motifs is 6. The van der Waals surface area contributed by atoms with Gasteiger partial charge in [0.1, 0.15) is 24.4 Å². The number of ether oxygens (including phenoxy) is 8. The van der Waals surface area contributed by atoms with Crippen molar-refractivity contribution in [2.45, 2.75) is 86.1 Å². The van der Waals surface area contributed by atoms with Crippen molar-refractivity contribution in [3.8, 4) is 0 Å². The minimum atomic E-state index is -1.12. The fraction of sp³-hybridized carbons (Fsp3) is 0.600. The molecule has 0 radical (unpaired) electrons. The fourth-order valence-corrected chi connectivity index (χ4v) is 7.29. The molecule has 0 N–H and O–H groups in total. The van der Waals surface area contributed by atoms with Gasteiger partial charge in [0.05, 0.1) is 26.4 Å². The molecule has 6 aliphatic heterocycles. The molecule has 0 aromatic heterocycles. The van der Waals surface area contributed by atoms with Gasteiger partial charge < -0.3 is 37.9 Å². The van der Waals surface area contributed by atoms with Crippen LogP contribution >= 0.6 is 0 Å². The van der Waals surface area contributed by atoms with E-state index in [1.54, 1.807) is 0 Å². The van der Waals surface area contributed by atoms with E-state index in [0.717, 1.165) is 36.8 Å². The van der Waals surface area contributed by atoms with E-state index in [0.29, 0.717) is 39.3 Å². The van der Waals surface area contributed by atoms with Crippen molar-refractivity contribution in [3.05, 3.63) is 71.8 Å². The Morgan fingerprint density at radius 3 is 1.34 bits per heavy atom. The quantitative estimate of drug-likeness (QED) is 0.596. The van der Waals surface area contributed by atoms with Crippen LogP contribution in [0.2, 0.25) is 0 Å². The maximum atomic E-state index is 7.03. The summed E-state index contributed by atoms with van der Waals surface area (Å²) in [6, 6.07) is 20.1. The molecule has 8 nitrogen and oxygen atoms in total. The summed E-state index contributed by atoms with van der Waals surface area (Å²) in [5.41, 5.74) is 1.81. The Morgan fingerprint density at radius 1 is 0.500 bits per heavy atom. The number of hydrogen-bond donors (Lipinski definition) is 0. The molecule has 8 atom stereocenters. The third kappa shape index (κ3) is 3.20. The maximum Gasteiger partial charge on any atom is 0.251 e. The zero-order chi connectivity index (χ0) is 25.3. The van der Waals surface area contributed by atoms with Gasteiger partial charge in [0.25, 0.3) is 11.6 Å². The number of benzene rings is 2. The lowest BCUT2D eigenvalue weighted by molar-refractivity contribution is -0.480. The first-order valence-corrected chi connectivity index (χ1v) is 14.1. The monoisotopic (exact) mass is 522 g/mol. The van der Waals surface area contributed by atoms with Gasteiger partial charge in [-0.25, -0.2) is 0 Å². The predicted molar refractivity (Wildman–Crippen MR) is 133 cm³/mol. The summed E-state index contributed by atoms with van der Waals surface area (Å²) in [5, 5.41) is 0. The molecule has 38 heavy (non-hydrogen) atoms. The maximum absolute atomic E-state index is 7.03. The fourth-order valence-electron chi connectivity index (χ4n) is 7.29. The minimum absolute atomic E-state index is 0.356. The van der Waals surface area contributed by atoms with Crippen molar-refractivity contribution in [3.63, 3.8) is 0 Å². The van der Waals surface area contributed by atoms with Crippen LogP contribution in [0.4, 0.5) is 0 Å². The molecule has 0 unspecified atom stereocenters. The Bertz CT molecular complexity index is 1060. The Balaban J connectivity index is 1.18. The molecule has 0 aliphatic carbocycles. The van der Waals surface area contributed by atoms with Crippen LogP contribution in [-0.4, -0.2) is 62.4 Å². The van der Waals surface area contributed by atoms with Gasteiger partial charge in [0.15, 0.2) is 0 Å². The molecular formula is C30H34O8. The molecule has 6 heterocycles. The summed E-state index contributed by atoms with van der Waals surface area (Å²) in [6.07, 6.45) is 3.52. The zero-order valence-corrected chi connectivity index (χ0v) is 21.4. The smallest absolute Gasteiger partial charge is 0.251 e. The summed E-state index contributed by atoms with van der Waals surface area (Å²) in [7, 11) is 0. The van der Waals surface area contributed by atoms with Gasteiger partial charge in [-0.15, -0.1) is 0 Å². The normalized spacial score (nSPS) is 46.0. The first-order chi connectivity index (χ1) is 18.7. The van der Waals surface area contributed by atoms with Crippen LogP contribution in [0.1, 0.15) is 49.7 Å². The van der Waals surface area contributed by atoms with Crippen molar-refractivity contribution in [1.29, 1.82) is 0 Å². The Labute approximate surface area is 222 Å². The molecule has 0 saturated carbocycles. The van der Waals surface area contributed by atoms with Crippen LogP contribution in [0.5, 0.6) is 0 Å². The van der Waals surface area contributed by atoms with Crippen LogP contribution in [-0.2, 0) is 49.5 Å². The standard InChI is InChI=1S/C30H34O8/c1-3-11-21(12-4-1)29-27(15-7-9-17-31-27)37-25(23(35-29)19-33-29)26-24-20-34-30(36-24,22-13-5-2-6-14-22)28(38-26)16-8-10-18-32-28/h1-6,11-14,23-26H,7-10,15-20H2/t23-,24-,25-,26-,27-,28-,29-,30-/m0/s1. The molecule has 6 saturated heterocycles. The first-order valence-electron chi connectivity index (χ1n) is 14.1. The van der Waals surface area contributed by atoms with Gasteiger partial charge >= 0.3 is 0 Å². The highest BCUT2D eigenvalue weighted by molar-refractivity contribution is 5.28. The van der Waals surface area contributed by atoms with Crippen LogP contribution in [0.25, 0.3) is 0 Å². The van der Waals surface area contributed by atoms with E-state index in [9.17, 15) is 0 Å². The molecule has 6 aliphatic rings. The molecule has 2 aromatic rings. The van der Waals surface area contributed by atoms with Crippen LogP contribution < -0.4 is 0 Å². The second-order valence-electron chi connectivity index (χ2n) is 11.2. The van der Waals surface area contributed by atoms with Crippen molar-refractivity contribution in [1.82, 2.24) is 0 Å². The SMILES string of the molecule is c1ccc([C@]23OC[C@H](O2)[C@@H]([C@H]2O[C@@]4(CCCCO4)[C@@]4(c5ccccc5)OC[C@@H]2O4)O[C@@]32CCCCO2)cc1. The number of rotatable bonds is 3. The first kappa shape index (κ1) is 24.0. The average molecular weight is 523 g/mol. The van der Waals surface area contributed by atoms with Gasteiger partial charge in [-0.1, -0.05) is 60.7 Å². The third-order valence-corrected chi connectivity index (χ3v) is 9.03. The molecule has 6 fully saturated rings. The molecule has 2 spiro atoms. The molecule has 4 bridgehead atoms. The van der Waals surface area contributed by atoms with E-state index >= 15 is 0 Å². The van der Waals surface area contributed by atoms with Crippen molar-refractivity contribution in [2.24, 2.45) is 0 Å². The van der Waals surface area contributed by atoms with Crippen LogP contribution in [0.15, 0.2) is 60.7 Å². The van der Waals surface area contributed by atoms with E-state index in [1.165, 1.54) is 0 Å². The molecular weight excluding hydrogens is 488 g/mol.